The summed E-state index contributed by atoms with van der Waals surface area (Å²) in [7, 11) is 0. The van der Waals surface area contributed by atoms with Gasteiger partial charge in [0.25, 0.3) is 0 Å². The summed E-state index contributed by atoms with van der Waals surface area (Å²) in [5.41, 5.74) is 1.14. The van der Waals surface area contributed by atoms with Crippen LogP contribution in [-0.2, 0) is 4.79 Å². The van der Waals surface area contributed by atoms with Gasteiger partial charge >= 0.3 is 0 Å². The van der Waals surface area contributed by atoms with Crippen LogP contribution in [0.1, 0.15) is 40.0 Å². The number of carbonyl (C=O) groups is 1. The predicted molar refractivity (Wildman–Crippen MR) is 71.6 cm³/mol. The summed E-state index contributed by atoms with van der Waals surface area (Å²) in [4.78, 5) is 11.4. The molecule has 94 valence electrons. The summed E-state index contributed by atoms with van der Waals surface area (Å²) < 4.78 is 0. The molecule has 0 aromatic rings. The molecule has 1 heteroatoms. The van der Waals surface area contributed by atoms with Crippen LogP contribution in [0, 0.1) is 29.6 Å². The highest BCUT2D eigenvalue weighted by Crippen LogP contribution is 2.48. The molecule has 0 saturated heterocycles. The summed E-state index contributed by atoms with van der Waals surface area (Å²) in [5.74, 6) is 3.78. The van der Waals surface area contributed by atoms with Gasteiger partial charge in [0.1, 0.15) is 0 Å². The SMILES string of the molecule is C=C1CC(=O)C=CC1[C@@H]1C[C@H](CC)C(C)[C@@H]1C. The lowest BCUT2D eigenvalue weighted by molar-refractivity contribution is -0.114. The first kappa shape index (κ1) is 12.6. The molecule has 0 radical (unpaired) electrons. The molecule has 5 atom stereocenters. The lowest BCUT2D eigenvalue weighted by Crippen LogP contribution is -2.22. The zero-order valence-electron chi connectivity index (χ0n) is 11.3. The molecular weight excluding hydrogens is 208 g/mol. The monoisotopic (exact) mass is 232 g/mol. The van der Waals surface area contributed by atoms with Crippen LogP contribution in [0.2, 0.25) is 0 Å². The molecule has 1 nitrogen and oxygen atoms in total. The highest BCUT2D eigenvalue weighted by molar-refractivity contribution is 5.92. The molecule has 0 N–H and O–H groups in total. The van der Waals surface area contributed by atoms with Crippen LogP contribution in [0.5, 0.6) is 0 Å². The Balaban J connectivity index is 2.16. The molecule has 2 aliphatic carbocycles. The number of ketones is 1. The molecule has 2 aliphatic rings. The lowest BCUT2D eigenvalue weighted by atomic mass is 9.75. The Bertz CT molecular complexity index is 353. The summed E-state index contributed by atoms with van der Waals surface area (Å²) in [6.07, 6.45) is 7.04. The fourth-order valence-electron chi connectivity index (χ4n) is 3.80. The number of hydrogen-bond donors (Lipinski definition) is 0. The Hall–Kier alpha value is -0.850. The van der Waals surface area contributed by atoms with Gasteiger partial charge in [0.2, 0.25) is 0 Å². The van der Waals surface area contributed by atoms with Crippen LogP contribution in [0.3, 0.4) is 0 Å². The summed E-state index contributed by atoms with van der Waals surface area (Å²) in [6.45, 7) is 11.2. The summed E-state index contributed by atoms with van der Waals surface area (Å²) in [6, 6.07) is 0. The van der Waals surface area contributed by atoms with Gasteiger partial charge in [-0.3, -0.25) is 4.79 Å². The Morgan fingerprint density at radius 1 is 1.35 bits per heavy atom. The van der Waals surface area contributed by atoms with E-state index in [2.05, 4.69) is 33.4 Å². The molecule has 0 amide bonds. The van der Waals surface area contributed by atoms with Crippen molar-refractivity contribution < 1.29 is 4.79 Å². The standard InChI is InChI=1S/C16H24O/c1-5-13-9-16(12(4)11(13)3)15-7-6-14(17)8-10(15)2/h6-7,11-13,15-16H,2,5,8-9H2,1,3-4H3/t11?,12-,13-,15?,16+/m0/s1. The van der Waals surface area contributed by atoms with Crippen molar-refractivity contribution >= 4 is 5.78 Å². The molecule has 0 bridgehead atoms. The fourth-order valence-corrected chi connectivity index (χ4v) is 3.80. The minimum atomic E-state index is 0.219. The van der Waals surface area contributed by atoms with Gasteiger partial charge in [0.15, 0.2) is 5.78 Å². The van der Waals surface area contributed by atoms with Gasteiger partial charge in [0, 0.05) is 12.3 Å². The molecule has 0 aromatic carbocycles. The van der Waals surface area contributed by atoms with Crippen LogP contribution < -0.4 is 0 Å². The molecule has 0 aliphatic heterocycles. The number of hydrogen-bond acceptors (Lipinski definition) is 1. The van der Waals surface area contributed by atoms with Crippen molar-refractivity contribution in [2.75, 3.05) is 0 Å². The molecule has 0 aromatic heterocycles. The Morgan fingerprint density at radius 3 is 2.59 bits per heavy atom. The van der Waals surface area contributed by atoms with Crippen molar-refractivity contribution in [1.29, 1.82) is 0 Å². The third-order valence-electron chi connectivity index (χ3n) is 5.17. The van der Waals surface area contributed by atoms with Gasteiger partial charge in [-0.15, -0.1) is 0 Å². The van der Waals surface area contributed by atoms with Crippen LogP contribution in [0.15, 0.2) is 24.3 Å². The van der Waals surface area contributed by atoms with Gasteiger partial charge in [-0.2, -0.15) is 0 Å². The molecule has 1 fully saturated rings. The van der Waals surface area contributed by atoms with E-state index in [0.29, 0.717) is 18.3 Å². The third kappa shape index (κ3) is 2.25. The van der Waals surface area contributed by atoms with Crippen molar-refractivity contribution in [2.24, 2.45) is 29.6 Å². The van der Waals surface area contributed by atoms with Crippen molar-refractivity contribution in [3.8, 4) is 0 Å². The Morgan fingerprint density at radius 2 is 2.06 bits per heavy atom. The van der Waals surface area contributed by atoms with Crippen LogP contribution in [0.4, 0.5) is 0 Å². The maximum atomic E-state index is 11.4. The molecule has 0 spiro atoms. The number of allylic oxidation sites excluding steroid dienone is 3. The van der Waals surface area contributed by atoms with E-state index in [1.807, 2.05) is 0 Å². The quantitative estimate of drug-likeness (QED) is 0.657. The Labute approximate surface area is 105 Å². The van der Waals surface area contributed by atoms with Gasteiger partial charge in [-0.25, -0.2) is 0 Å². The van der Waals surface area contributed by atoms with Crippen LogP contribution in [-0.4, -0.2) is 5.78 Å². The highest BCUT2D eigenvalue weighted by atomic mass is 16.1. The van der Waals surface area contributed by atoms with Gasteiger partial charge in [-0.05, 0) is 36.2 Å². The van der Waals surface area contributed by atoms with E-state index >= 15 is 0 Å². The van der Waals surface area contributed by atoms with E-state index in [4.69, 9.17) is 0 Å². The summed E-state index contributed by atoms with van der Waals surface area (Å²) in [5, 5.41) is 0. The van der Waals surface area contributed by atoms with Gasteiger partial charge < -0.3 is 0 Å². The maximum absolute atomic E-state index is 11.4. The van der Waals surface area contributed by atoms with Crippen LogP contribution >= 0.6 is 0 Å². The highest BCUT2D eigenvalue weighted by Gasteiger charge is 2.41. The van der Waals surface area contributed by atoms with Crippen molar-refractivity contribution in [2.45, 2.75) is 40.0 Å². The van der Waals surface area contributed by atoms with Gasteiger partial charge in [-0.1, -0.05) is 45.4 Å². The normalized spacial score (nSPS) is 42.2. The average molecular weight is 232 g/mol. The van der Waals surface area contributed by atoms with E-state index in [-0.39, 0.29) is 5.78 Å². The predicted octanol–water partition coefficient (Wildman–Crippen LogP) is 4.01. The number of carbonyl (C=O) groups excluding carboxylic acids is 1. The minimum Gasteiger partial charge on any atom is -0.295 e. The van der Waals surface area contributed by atoms with Crippen molar-refractivity contribution in [3.63, 3.8) is 0 Å². The van der Waals surface area contributed by atoms with E-state index < -0.39 is 0 Å². The molecular formula is C16H24O. The second-order valence-electron chi connectivity index (χ2n) is 5.97. The van der Waals surface area contributed by atoms with E-state index in [0.717, 1.165) is 23.3 Å². The molecule has 2 rings (SSSR count). The Kier molecular flexibility index (Phi) is 3.56. The maximum Gasteiger partial charge on any atom is 0.159 e. The van der Waals surface area contributed by atoms with E-state index in [1.165, 1.54) is 12.8 Å². The molecule has 0 heterocycles. The first-order valence-corrected chi connectivity index (χ1v) is 6.93. The van der Waals surface area contributed by atoms with Crippen molar-refractivity contribution in [3.05, 3.63) is 24.3 Å². The van der Waals surface area contributed by atoms with E-state index in [9.17, 15) is 4.79 Å². The minimum absolute atomic E-state index is 0.219. The van der Waals surface area contributed by atoms with Crippen LogP contribution in [0.25, 0.3) is 0 Å². The zero-order valence-corrected chi connectivity index (χ0v) is 11.3. The second kappa shape index (κ2) is 4.80. The first-order chi connectivity index (χ1) is 8.04. The smallest absolute Gasteiger partial charge is 0.159 e. The van der Waals surface area contributed by atoms with E-state index in [1.54, 1.807) is 6.08 Å². The van der Waals surface area contributed by atoms with Crippen molar-refractivity contribution in [1.82, 2.24) is 0 Å². The largest absolute Gasteiger partial charge is 0.295 e. The zero-order chi connectivity index (χ0) is 12.6. The molecule has 2 unspecified atom stereocenters. The van der Waals surface area contributed by atoms with Gasteiger partial charge in [0.05, 0.1) is 0 Å². The first-order valence-electron chi connectivity index (χ1n) is 6.93. The summed E-state index contributed by atoms with van der Waals surface area (Å²) >= 11 is 0. The average Bonchev–Trinajstić information content (AvgIpc) is 2.57. The third-order valence-corrected chi connectivity index (χ3v) is 5.17. The fraction of sp³-hybridized carbons (Fsp3) is 0.688. The lowest BCUT2D eigenvalue weighted by Gasteiger charge is -2.29. The molecule has 1 saturated carbocycles. The number of rotatable bonds is 2. The molecule has 17 heavy (non-hydrogen) atoms. The second-order valence-corrected chi connectivity index (χ2v) is 5.97. The topological polar surface area (TPSA) is 17.1 Å².